The van der Waals surface area contributed by atoms with E-state index in [1.807, 2.05) is 0 Å². The summed E-state index contributed by atoms with van der Waals surface area (Å²) in [5.41, 5.74) is -1.43. The Morgan fingerprint density at radius 3 is 1.70 bits per heavy atom. The minimum Gasteiger partial charge on any atom is -1.00 e. The number of aromatic amines is 1. The Labute approximate surface area is 239 Å². The fourth-order valence-electron chi connectivity index (χ4n) is 4.54. The highest BCUT2D eigenvalue weighted by Gasteiger charge is 2.42. The SMILES string of the molecule is CCCC[N+](CCCC)(CCCC)CCCC.FC1=C(F)/C(=C2\C=C(c3[nH]cc(F)c3F)O[B-](F)(F)O2)[NH+]=C1.[Cl-]. The summed E-state index contributed by atoms with van der Waals surface area (Å²) >= 11 is 0. The van der Waals surface area contributed by atoms with Crippen molar-refractivity contribution in [2.45, 2.75) is 79.1 Å². The summed E-state index contributed by atoms with van der Waals surface area (Å²) in [6.07, 6.45) is 12.9. The van der Waals surface area contributed by atoms with E-state index in [9.17, 15) is 26.2 Å². The maximum absolute atomic E-state index is 13.5. The highest BCUT2D eigenvalue weighted by molar-refractivity contribution is 6.53. The standard InChI is InChI=1S/C16H36N.C11H4BF6N2O2.ClH/c1-5-9-13-17(14-10-6-2,15-11-7-3)16-12-8-4;13-4-2-19-10(8(4)15)6-1-7(22-12(17,18)21-6)11-9(16)5(14)3-20-11;/h5-16H2,1-4H3;1-3,19H;1H/q+1;-1;/b;11-7-;. The summed E-state index contributed by atoms with van der Waals surface area (Å²) in [6.45, 7) is 15.0. The van der Waals surface area contributed by atoms with Gasteiger partial charge >= 0.3 is 7.11 Å². The second-order valence-electron chi connectivity index (χ2n) is 9.95. The van der Waals surface area contributed by atoms with Crippen LogP contribution in [0.3, 0.4) is 0 Å². The van der Waals surface area contributed by atoms with Crippen LogP contribution < -0.4 is 17.4 Å². The van der Waals surface area contributed by atoms with Crippen LogP contribution in [0.5, 0.6) is 0 Å². The molecule has 0 aliphatic carbocycles. The minimum absolute atomic E-state index is 0. The first-order valence-corrected chi connectivity index (χ1v) is 13.9. The van der Waals surface area contributed by atoms with E-state index in [0.29, 0.717) is 18.5 Å². The van der Waals surface area contributed by atoms with Crippen molar-refractivity contribution in [2.75, 3.05) is 26.2 Å². The highest BCUT2D eigenvalue weighted by atomic mass is 35.5. The van der Waals surface area contributed by atoms with Gasteiger partial charge < -0.3 is 39.8 Å². The van der Waals surface area contributed by atoms with Crippen molar-refractivity contribution in [1.82, 2.24) is 4.98 Å². The maximum Gasteiger partial charge on any atom is 0.726 e. The van der Waals surface area contributed by atoms with Gasteiger partial charge in [0.15, 0.2) is 17.4 Å². The van der Waals surface area contributed by atoms with Gasteiger partial charge in [-0.05, 0) is 25.7 Å². The summed E-state index contributed by atoms with van der Waals surface area (Å²) in [5, 5.41) is 0. The van der Waals surface area contributed by atoms with Crippen LogP contribution in [-0.4, -0.2) is 49.0 Å². The molecular weight excluding hydrogens is 559 g/mol. The Balaban J connectivity index is 0.000000406. The molecule has 0 radical (unpaired) electrons. The molecule has 2 aliphatic rings. The molecule has 0 atom stereocenters. The van der Waals surface area contributed by atoms with Crippen molar-refractivity contribution in [2.24, 2.45) is 0 Å². The predicted molar refractivity (Wildman–Crippen MR) is 141 cm³/mol. The zero-order valence-corrected chi connectivity index (χ0v) is 24.5. The van der Waals surface area contributed by atoms with Crippen LogP contribution in [0.2, 0.25) is 0 Å². The Hall–Kier alpha value is -2.34. The number of aromatic nitrogens is 1. The van der Waals surface area contributed by atoms with Gasteiger partial charge in [-0.25, -0.2) is 13.8 Å². The van der Waals surface area contributed by atoms with Crippen molar-refractivity contribution < 1.29 is 57.4 Å². The lowest BCUT2D eigenvalue weighted by molar-refractivity contribution is -0.929. The molecule has 2 N–H and O–H groups in total. The van der Waals surface area contributed by atoms with Gasteiger partial charge in [-0.1, -0.05) is 53.4 Å². The van der Waals surface area contributed by atoms with Gasteiger partial charge in [-0.2, -0.15) is 8.78 Å². The van der Waals surface area contributed by atoms with Gasteiger partial charge in [-0.3, -0.25) is 0 Å². The molecule has 1 aromatic heterocycles. The largest absolute Gasteiger partial charge is 1.00 e. The molecule has 0 saturated heterocycles. The zero-order valence-electron chi connectivity index (χ0n) is 23.7. The number of hydrogen-bond donors (Lipinski definition) is 2. The van der Waals surface area contributed by atoms with Gasteiger partial charge in [0.1, 0.15) is 11.5 Å². The van der Waals surface area contributed by atoms with Crippen LogP contribution in [0, 0.1) is 11.6 Å². The normalized spacial score (nSPS) is 18.0. The van der Waals surface area contributed by atoms with Crippen LogP contribution in [0.15, 0.2) is 35.4 Å². The summed E-state index contributed by atoms with van der Waals surface area (Å²) in [5.74, 6) is -7.19. The molecule has 0 bridgehead atoms. The molecule has 3 rings (SSSR count). The number of nitrogens with one attached hydrogen (secondary N) is 2. The van der Waals surface area contributed by atoms with Crippen molar-refractivity contribution in [3.05, 3.63) is 52.7 Å². The number of rotatable bonds is 13. The minimum atomic E-state index is -4.98. The Kier molecular flexibility index (Phi) is 15.0. The molecule has 13 heteroatoms. The number of halogens is 7. The number of H-pyrrole nitrogens is 1. The molecule has 0 amide bonds. The van der Waals surface area contributed by atoms with Crippen molar-refractivity contribution in [3.8, 4) is 0 Å². The molecule has 1 aromatic rings. The zero-order chi connectivity index (χ0) is 29.1. The lowest BCUT2D eigenvalue weighted by Gasteiger charge is -2.39. The third-order valence-electron chi connectivity index (χ3n) is 6.77. The quantitative estimate of drug-likeness (QED) is 0.207. The molecule has 228 valence electrons. The van der Waals surface area contributed by atoms with E-state index in [-0.39, 0.29) is 12.4 Å². The third-order valence-corrected chi connectivity index (χ3v) is 6.77. The van der Waals surface area contributed by atoms with E-state index in [2.05, 4.69) is 47.0 Å². The Morgan fingerprint density at radius 2 is 1.32 bits per heavy atom. The summed E-state index contributed by atoms with van der Waals surface area (Å²) in [4.78, 5) is 4.12. The molecule has 5 nitrogen and oxygen atoms in total. The number of hydrogen-bond acceptors (Lipinski definition) is 2. The number of nitrogens with zero attached hydrogens (tertiary/aromatic N) is 1. The maximum atomic E-state index is 13.5. The first-order valence-electron chi connectivity index (χ1n) is 13.9. The second-order valence-corrected chi connectivity index (χ2v) is 9.95. The summed E-state index contributed by atoms with van der Waals surface area (Å²) in [7, 11) is -4.98. The van der Waals surface area contributed by atoms with Crippen LogP contribution in [-0.2, 0) is 9.31 Å². The number of unbranched alkanes of at least 4 members (excludes halogenated alkanes) is 4. The Morgan fingerprint density at radius 1 is 0.825 bits per heavy atom. The molecule has 40 heavy (non-hydrogen) atoms. The first-order chi connectivity index (χ1) is 18.5. The molecule has 2 aliphatic heterocycles. The van der Waals surface area contributed by atoms with E-state index < -0.39 is 53.3 Å². The van der Waals surface area contributed by atoms with E-state index in [1.165, 1.54) is 82.0 Å². The second kappa shape index (κ2) is 16.8. The lowest BCUT2D eigenvalue weighted by atomic mass is 10.1. The molecule has 0 unspecified atom stereocenters. The molecule has 0 fully saturated rings. The smallest absolute Gasteiger partial charge is 0.726 e. The van der Waals surface area contributed by atoms with Crippen LogP contribution in [0.1, 0.15) is 84.8 Å². The molecular formula is C27H41BClF6N3O2. The highest BCUT2D eigenvalue weighted by Crippen LogP contribution is 2.35. The van der Waals surface area contributed by atoms with Crippen LogP contribution in [0.4, 0.5) is 26.2 Å². The molecule has 3 heterocycles. The van der Waals surface area contributed by atoms with Crippen molar-refractivity contribution >= 4 is 19.1 Å². The molecule has 0 aromatic carbocycles. The van der Waals surface area contributed by atoms with Crippen molar-refractivity contribution in [3.63, 3.8) is 0 Å². The van der Waals surface area contributed by atoms with Gasteiger partial charge in [0.25, 0.3) is 5.70 Å². The van der Waals surface area contributed by atoms with E-state index >= 15 is 0 Å². The van der Waals surface area contributed by atoms with E-state index in [4.69, 9.17) is 0 Å². The first kappa shape index (κ1) is 35.7. The number of quaternary nitrogens is 1. The topological polar surface area (TPSA) is 48.2 Å². The summed E-state index contributed by atoms with van der Waals surface area (Å²) < 4.78 is 89.4. The predicted octanol–water partition coefficient (Wildman–Crippen LogP) is 3.59. The fraction of sp³-hybridized carbons (Fsp3) is 0.593. The van der Waals surface area contributed by atoms with Gasteiger partial charge in [-0.15, -0.1) is 0 Å². The molecule has 0 saturated carbocycles. The molecule has 0 spiro atoms. The summed E-state index contributed by atoms with van der Waals surface area (Å²) in [6, 6.07) is 0. The van der Waals surface area contributed by atoms with Gasteiger partial charge in [0.2, 0.25) is 17.9 Å². The monoisotopic (exact) mass is 599 g/mol. The van der Waals surface area contributed by atoms with Crippen molar-refractivity contribution in [1.29, 1.82) is 0 Å². The van der Waals surface area contributed by atoms with E-state index in [1.54, 1.807) is 0 Å². The average Bonchev–Trinajstić information content (AvgIpc) is 3.42. The van der Waals surface area contributed by atoms with Gasteiger partial charge in [0, 0.05) is 12.3 Å². The Bertz CT molecular complexity index is 1040. The van der Waals surface area contributed by atoms with Crippen LogP contribution in [0.25, 0.3) is 5.76 Å². The third kappa shape index (κ3) is 9.94. The fourth-order valence-corrected chi connectivity index (χ4v) is 4.54. The van der Waals surface area contributed by atoms with E-state index in [0.717, 1.165) is 0 Å². The van der Waals surface area contributed by atoms with Crippen LogP contribution >= 0.6 is 0 Å². The van der Waals surface area contributed by atoms with Gasteiger partial charge in [0.05, 0.1) is 26.2 Å². The average molecular weight is 600 g/mol. The lowest BCUT2D eigenvalue weighted by Crippen LogP contribution is -3.00. The number of allylic oxidation sites excluding steroid dienone is 3.